The Hall–Kier alpha value is -0.640. The molecule has 0 aliphatic rings. The molecule has 3 nitrogen and oxygen atoms in total. The van der Waals surface area contributed by atoms with Gasteiger partial charge in [0.25, 0.3) is 0 Å². The van der Waals surface area contributed by atoms with Crippen LogP contribution in [0.4, 0.5) is 0 Å². The fraction of sp³-hybridized carbons (Fsp3) is 0.500. The standard InChI is InChI=1S/C8H11BrN2O/c1-5(2)7-6(9)8(12-3)11-4-10-7/h4-5H,1-3H3. The second-order valence-corrected chi connectivity index (χ2v) is 3.53. The zero-order chi connectivity index (χ0) is 9.14. The van der Waals surface area contributed by atoms with Crippen molar-refractivity contribution < 1.29 is 4.74 Å². The van der Waals surface area contributed by atoms with Crippen molar-refractivity contribution in [1.82, 2.24) is 9.97 Å². The number of rotatable bonds is 2. The first-order valence-electron chi connectivity index (χ1n) is 3.71. The Labute approximate surface area is 80.3 Å². The van der Waals surface area contributed by atoms with E-state index in [0.717, 1.165) is 10.2 Å². The predicted octanol–water partition coefficient (Wildman–Crippen LogP) is 2.37. The van der Waals surface area contributed by atoms with Crippen LogP contribution in [0.1, 0.15) is 25.5 Å². The smallest absolute Gasteiger partial charge is 0.231 e. The molecular weight excluding hydrogens is 220 g/mol. The summed E-state index contributed by atoms with van der Waals surface area (Å²) in [5.41, 5.74) is 0.974. The second-order valence-electron chi connectivity index (χ2n) is 2.74. The lowest BCUT2D eigenvalue weighted by Crippen LogP contribution is -1.98. The Morgan fingerprint density at radius 2 is 2.08 bits per heavy atom. The summed E-state index contributed by atoms with van der Waals surface area (Å²) in [7, 11) is 1.59. The molecule has 1 heterocycles. The van der Waals surface area contributed by atoms with Crippen LogP contribution in [0.15, 0.2) is 10.8 Å². The molecule has 0 aromatic carbocycles. The van der Waals surface area contributed by atoms with Crippen LogP contribution in [0.3, 0.4) is 0 Å². The van der Waals surface area contributed by atoms with Crippen LogP contribution >= 0.6 is 15.9 Å². The van der Waals surface area contributed by atoms with Crippen molar-refractivity contribution in [2.24, 2.45) is 0 Å². The van der Waals surface area contributed by atoms with E-state index in [4.69, 9.17) is 4.74 Å². The summed E-state index contributed by atoms with van der Waals surface area (Å²) >= 11 is 3.39. The van der Waals surface area contributed by atoms with Crippen LogP contribution in [-0.4, -0.2) is 17.1 Å². The Balaban J connectivity index is 3.14. The van der Waals surface area contributed by atoms with Gasteiger partial charge in [-0.25, -0.2) is 9.97 Å². The zero-order valence-corrected chi connectivity index (χ0v) is 8.92. The Bertz CT molecular complexity index is 276. The van der Waals surface area contributed by atoms with E-state index in [1.807, 2.05) is 0 Å². The minimum Gasteiger partial charge on any atom is -0.480 e. The molecule has 0 bridgehead atoms. The molecule has 0 amide bonds. The highest BCUT2D eigenvalue weighted by atomic mass is 79.9. The van der Waals surface area contributed by atoms with Crippen molar-refractivity contribution in [2.75, 3.05) is 7.11 Å². The molecule has 0 saturated carbocycles. The topological polar surface area (TPSA) is 35.0 Å². The second kappa shape index (κ2) is 3.85. The first-order valence-corrected chi connectivity index (χ1v) is 4.50. The Morgan fingerprint density at radius 3 is 2.58 bits per heavy atom. The molecule has 0 saturated heterocycles. The van der Waals surface area contributed by atoms with Crippen LogP contribution in [-0.2, 0) is 0 Å². The number of aromatic nitrogens is 2. The van der Waals surface area contributed by atoms with Gasteiger partial charge in [-0.2, -0.15) is 0 Å². The van der Waals surface area contributed by atoms with Gasteiger partial charge in [-0.05, 0) is 21.8 Å². The molecule has 0 N–H and O–H groups in total. The average Bonchev–Trinajstić information content (AvgIpc) is 2.04. The summed E-state index contributed by atoms with van der Waals surface area (Å²) in [4.78, 5) is 8.11. The fourth-order valence-corrected chi connectivity index (χ4v) is 1.74. The fourth-order valence-electron chi connectivity index (χ4n) is 0.911. The van der Waals surface area contributed by atoms with Crippen LogP contribution in [0.2, 0.25) is 0 Å². The summed E-state index contributed by atoms with van der Waals surface area (Å²) in [6.45, 7) is 4.15. The maximum Gasteiger partial charge on any atom is 0.231 e. The van der Waals surface area contributed by atoms with E-state index >= 15 is 0 Å². The quantitative estimate of drug-likeness (QED) is 0.783. The summed E-state index contributed by atoms with van der Waals surface area (Å²) in [6.07, 6.45) is 1.51. The molecule has 0 atom stereocenters. The van der Waals surface area contributed by atoms with Crippen LogP contribution < -0.4 is 4.74 Å². The zero-order valence-electron chi connectivity index (χ0n) is 7.34. The highest BCUT2D eigenvalue weighted by Crippen LogP contribution is 2.28. The number of hydrogen-bond donors (Lipinski definition) is 0. The molecule has 4 heteroatoms. The van der Waals surface area contributed by atoms with E-state index in [1.165, 1.54) is 6.33 Å². The molecule has 0 aliphatic heterocycles. The lowest BCUT2D eigenvalue weighted by molar-refractivity contribution is 0.392. The van der Waals surface area contributed by atoms with Crippen LogP contribution in [0, 0.1) is 0 Å². The molecule has 66 valence electrons. The largest absolute Gasteiger partial charge is 0.480 e. The van der Waals surface area contributed by atoms with Gasteiger partial charge in [-0.15, -0.1) is 0 Å². The van der Waals surface area contributed by atoms with Gasteiger partial charge in [-0.3, -0.25) is 0 Å². The molecule has 1 aromatic rings. The maximum absolute atomic E-state index is 5.04. The van der Waals surface area contributed by atoms with E-state index in [-0.39, 0.29) is 0 Å². The third-order valence-corrected chi connectivity index (χ3v) is 2.27. The van der Waals surface area contributed by atoms with Crippen molar-refractivity contribution in [3.63, 3.8) is 0 Å². The van der Waals surface area contributed by atoms with Gasteiger partial charge in [0.2, 0.25) is 5.88 Å². The van der Waals surface area contributed by atoms with Crippen LogP contribution in [0.25, 0.3) is 0 Å². The lowest BCUT2D eigenvalue weighted by atomic mass is 10.1. The third-order valence-electron chi connectivity index (χ3n) is 1.52. The number of methoxy groups -OCH3 is 1. The average molecular weight is 231 g/mol. The summed E-state index contributed by atoms with van der Waals surface area (Å²) in [6, 6.07) is 0. The molecule has 12 heavy (non-hydrogen) atoms. The van der Waals surface area contributed by atoms with Gasteiger partial charge in [0, 0.05) is 0 Å². The minimum absolute atomic E-state index is 0.372. The molecular formula is C8H11BrN2O. The molecule has 0 unspecified atom stereocenters. The van der Waals surface area contributed by atoms with Gasteiger partial charge in [0.05, 0.1) is 12.8 Å². The van der Waals surface area contributed by atoms with Gasteiger partial charge in [-0.1, -0.05) is 13.8 Å². The molecule has 0 radical (unpaired) electrons. The van der Waals surface area contributed by atoms with Crippen molar-refractivity contribution in [3.8, 4) is 5.88 Å². The first kappa shape index (κ1) is 9.45. The molecule has 0 spiro atoms. The number of hydrogen-bond acceptors (Lipinski definition) is 3. The molecule has 1 aromatic heterocycles. The van der Waals surface area contributed by atoms with Gasteiger partial charge >= 0.3 is 0 Å². The molecule has 0 fully saturated rings. The third kappa shape index (κ3) is 1.75. The summed E-state index contributed by atoms with van der Waals surface area (Å²) in [5, 5.41) is 0. The van der Waals surface area contributed by atoms with Crippen molar-refractivity contribution >= 4 is 15.9 Å². The van der Waals surface area contributed by atoms with E-state index in [0.29, 0.717) is 11.8 Å². The van der Waals surface area contributed by atoms with E-state index < -0.39 is 0 Å². The molecule has 1 rings (SSSR count). The lowest BCUT2D eigenvalue weighted by Gasteiger charge is -2.08. The highest BCUT2D eigenvalue weighted by molar-refractivity contribution is 9.10. The van der Waals surface area contributed by atoms with E-state index in [2.05, 4.69) is 39.7 Å². The Kier molecular flexibility index (Phi) is 3.03. The van der Waals surface area contributed by atoms with Gasteiger partial charge < -0.3 is 4.74 Å². The summed E-state index contributed by atoms with van der Waals surface area (Å²) in [5.74, 6) is 0.963. The van der Waals surface area contributed by atoms with Gasteiger partial charge in [0.15, 0.2) is 0 Å². The maximum atomic E-state index is 5.04. The van der Waals surface area contributed by atoms with Gasteiger partial charge in [0.1, 0.15) is 10.8 Å². The normalized spacial score (nSPS) is 10.4. The highest BCUT2D eigenvalue weighted by Gasteiger charge is 2.11. The Morgan fingerprint density at radius 1 is 1.42 bits per heavy atom. The van der Waals surface area contributed by atoms with Crippen molar-refractivity contribution in [3.05, 3.63) is 16.5 Å². The summed E-state index contributed by atoms with van der Waals surface area (Å²) < 4.78 is 5.89. The monoisotopic (exact) mass is 230 g/mol. The number of ether oxygens (including phenoxy) is 1. The first-order chi connectivity index (χ1) is 5.66. The van der Waals surface area contributed by atoms with Crippen molar-refractivity contribution in [2.45, 2.75) is 19.8 Å². The van der Waals surface area contributed by atoms with Crippen molar-refractivity contribution in [1.29, 1.82) is 0 Å². The number of nitrogens with zero attached hydrogens (tertiary/aromatic N) is 2. The SMILES string of the molecule is COc1ncnc(C(C)C)c1Br. The predicted molar refractivity (Wildman–Crippen MR) is 50.4 cm³/mol. The molecule has 0 aliphatic carbocycles. The minimum atomic E-state index is 0.372. The van der Waals surface area contributed by atoms with E-state index in [9.17, 15) is 0 Å². The number of halogens is 1. The van der Waals surface area contributed by atoms with Crippen LogP contribution in [0.5, 0.6) is 5.88 Å². The van der Waals surface area contributed by atoms with E-state index in [1.54, 1.807) is 7.11 Å².